The Morgan fingerprint density at radius 2 is 2.15 bits per heavy atom. The van der Waals surface area contributed by atoms with Gasteiger partial charge in [-0.05, 0) is 28.9 Å². The van der Waals surface area contributed by atoms with Gasteiger partial charge in [-0.2, -0.15) is 0 Å². The van der Waals surface area contributed by atoms with E-state index < -0.39 is 16.1 Å². The van der Waals surface area contributed by atoms with E-state index in [9.17, 15) is 13.2 Å². The summed E-state index contributed by atoms with van der Waals surface area (Å²) < 4.78 is 27.2. The zero-order valence-electron chi connectivity index (χ0n) is 10.8. The van der Waals surface area contributed by atoms with Crippen LogP contribution in [0.5, 0.6) is 0 Å². The molecule has 8 nitrogen and oxygen atoms in total. The van der Waals surface area contributed by atoms with Crippen molar-refractivity contribution in [3.8, 4) is 0 Å². The summed E-state index contributed by atoms with van der Waals surface area (Å²) in [5.74, 6) is 0.270. The summed E-state index contributed by atoms with van der Waals surface area (Å²) in [5.41, 5.74) is 4.88. The third-order valence-corrected chi connectivity index (χ3v) is 4.08. The molecule has 112 valence electrons. The highest BCUT2D eigenvalue weighted by Crippen LogP contribution is 2.22. The topological polar surface area (TPSA) is 126 Å². The number of carbonyl (C=O) groups is 1. The molecule has 0 saturated carbocycles. The molecule has 0 aliphatic carbocycles. The van der Waals surface area contributed by atoms with E-state index >= 15 is 0 Å². The Hall–Kier alpha value is -1.39. The first-order valence-electron chi connectivity index (χ1n) is 5.79. The number of hydrogen-bond donors (Lipinski definition) is 4. The van der Waals surface area contributed by atoms with Crippen LogP contribution in [-0.4, -0.2) is 39.1 Å². The number of aromatic nitrogens is 1. The third-order valence-electron chi connectivity index (χ3n) is 2.17. The van der Waals surface area contributed by atoms with Crippen molar-refractivity contribution in [1.82, 2.24) is 15.0 Å². The standard InChI is InChI=1S/C10H16BrN5O3S/c1-2-13-9-8(5-7(11)6-15-9)20(18,19)16-4-3-14-10(12)17/h5-6,16H,2-4H2,1H3,(H,13,15)(H3,12,14,17). The summed E-state index contributed by atoms with van der Waals surface area (Å²) in [5, 5.41) is 5.17. The van der Waals surface area contributed by atoms with Gasteiger partial charge in [-0.3, -0.25) is 0 Å². The lowest BCUT2D eigenvalue weighted by Gasteiger charge is -2.12. The van der Waals surface area contributed by atoms with Crippen LogP contribution in [0.1, 0.15) is 6.92 Å². The Morgan fingerprint density at radius 1 is 1.45 bits per heavy atom. The van der Waals surface area contributed by atoms with E-state index in [1.807, 2.05) is 6.92 Å². The van der Waals surface area contributed by atoms with E-state index in [0.717, 1.165) is 0 Å². The van der Waals surface area contributed by atoms with Crippen molar-refractivity contribution in [1.29, 1.82) is 0 Å². The molecule has 0 aliphatic heterocycles. The largest absolute Gasteiger partial charge is 0.369 e. The van der Waals surface area contributed by atoms with E-state index in [1.54, 1.807) is 0 Å². The predicted octanol–water partition coefficient (Wildman–Crippen LogP) is 0.222. The minimum atomic E-state index is -3.73. The molecular formula is C10H16BrN5O3S. The highest BCUT2D eigenvalue weighted by Gasteiger charge is 2.19. The minimum absolute atomic E-state index is 0.0311. The molecule has 0 radical (unpaired) electrons. The number of nitrogens with one attached hydrogen (secondary N) is 3. The van der Waals surface area contributed by atoms with Crippen molar-refractivity contribution in [3.05, 3.63) is 16.7 Å². The van der Waals surface area contributed by atoms with Crippen molar-refractivity contribution in [2.45, 2.75) is 11.8 Å². The van der Waals surface area contributed by atoms with Gasteiger partial charge >= 0.3 is 6.03 Å². The first-order valence-corrected chi connectivity index (χ1v) is 8.07. The summed E-state index contributed by atoms with van der Waals surface area (Å²) >= 11 is 3.18. The second kappa shape index (κ2) is 7.41. The number of nitrogens with zero attached hydrogens (tertiary/aromatic N) is 1. The molecule has 1 aromatic heterocycles. The van der Waals surface area contributed by atoms with E-state index in [2.05, 4.69) is 36.3 Å². The molecule has 0 aromatic carbocycles. The summed E-state index contributed by atoms with van der Waals surface area (Å²) in [7, 11) is -3.73. The van der Waals surface area contributed by atoms with Crippen molar-refractivity contribution >= 4 is 37.8 Å². The number of amides is 2. The van der Waals surface area contributed by atoms with Gasteiger partial charge in [-0.25, -0.2) is 22.9 Å². The summed E-state index contributed by atoms with van der Waals surface area (Å²) in [4.78, 5) is 14.5. The maximum Gasteiger partial charge on any atom is 0.312 e. The van der Waals surface area contributed by atoms with Gasteiger partial charge in [0.25, 0.3) is 0 Å². The second-order valence-electron chi connectivity index (χ2n) is 3.72. The minimum Gasteiger partial charge on any atom is -0.369 e. The predicted molar refractivity (Wildman–Crippen MR) is 78.9 cm³/mol. The molecule has 1 heterocycles. The van der Waals surface area contributed by atoms with Gasteiger partial charge in [0.15, 0.2) is 0 Å². The summed E-state index contributed by atoms with van der Waals surface area (Å²) in [6, 6.07) is 0.746. The number of urea groups is 1. The highest BCUT2D eigenvalue weighted by atomic mass is 79.9. The van der Waals surface area contributed by atoms with Crippen LogP contribution < -0.4 is 21.1 Å². The Kier molecular flexibility index (Phi) is 6.17. The van der Waals surface area contributed by atoms with Crippen LogP contribution in [0.15, 0.2) is 21.6 Å². The van der Waals surface area contributed by atoms with Crippen LogP contribution in [0, 0.1) is 0 Å². The monoisotopic (exact) mass is 365 g/mol. The maximum atomic E-state index is 12.2. The SMILES string of the molecule is CCNc1ncc(Br)cc1S(=O)(=O)NCCNC(N)=O. The van der Waals surface area contributed by atoms with Crippen molar-refractivity contribution in [3.63, 3.8) is 0 Å². The molecule has 20 heavy (non-hydrogen) atoms. The average molecular weight is 366 g/mol. The molecule has 0 unspecified atom stereocenters. The zero-order valence-corrected chi connectivity index (χ0v) is 13.2. The lowest BCUT2D eigenvalue weighted by atomic mass is 10.4. The van der Waals surface area contributed by atoms with Gasteiger partial charge in [0.2, 0.25) is 10.0 Å². The van der Waals surface area contributed by atoms with Gasteiger partial charge in [0.1, 0.15) is 10.7 Å². The van der Waals surface area contributed by atoms with Crippen LogP contribution >= 0.6 is 15.9 Å². The zero-order chi connectivity index (χ0) is 15.2. The number of anilines is 1. The molecule has 2 amide bonds. The lowest BCUT2D eigenvalue weighted by molar-refractivity contribution is 0.249. The van der Waals surface area contributed by atoms with Gasteiger partial charge in [-0.15, -0.1) is 0 Å². The molecule has 10 heteroatoms. The fraction of sp³-hybridized carbons (Fsp3) is 0.400. The number of carbonyl (C=O) groups excluding carboxylic acids is 1. The fourth-order valence-electron chi connectivity index (χ4n) is 1.37. The maximum absolute atomic E-state index is 12.2. The van der Waals surface area contributed by atoms with Gasteiger partial charge < -0.3 is 16.4 Å². The Morgan fingerprint density at radius 3 is 2.75 bits per heavy atom. The van der Waals surface area contributed by atoms with Crippen molar-refractivity contribution in [2.75, 3.05) is 25.0 Å². The van der Waals surface area contributed by atoms with Crippen molar-refractivity contribution in [2.24, 2.45) is 5.73 Å². The molecule has 0 saturated heterocycles. The third kappa shape index (κ3) is 4.94. The Labute approximate surface area is 125 Å². The first kappa shape index (κ1) is 16.7. The Balaban J connectivity index is 2.85. The van der Waals surface area contributed by atoms with Gasteiger partial charge in [0.05, 0.1) is 0 Å². The number of halogens is 1. The molecular weight excluding hydrogens is 350 g/mol. The van der Waals surface area contributed by atoms with Crippen LogP contribution in [-0.2, 0) is 10.0 Å². The first-order chi connectivity index (χ1) is 9.36. The summed E-state index contributed by atoms with van der Waals surface area (Å²) in [6.07, 6.45) is 1.51. The van der Waals surface area contributed by atoms with Gasteiger partial charge in [-0.1, -0.05) is 0 Å². The van der Waals surface area contributed by atoms with Crippen molar-refractivity contribution < 1.29 is 13.2 Å². The average Bonchev–Trinajstić information content (AvgIpc) is 2.37. The van der Waals surface area contributed by atoms with E-state index in [4.69, 9.17) is 5.73 Å². The summed E-state index contributed by atoms with van der Waals surface area (Å²) in [6.45, 7) is 2.51. The quantitative estimate of drug-likeness (QED) is 0.514. The smallest absolute Gasteiger partial charge is 0.312 e. The molecule has 5 N–H and O–H groups in total. The van der Waals surface area contributed by atoms with Crippen LogP contribution in [0.25, 0.3) is 0 Å². The van der Waals surface area contributed by atoms with E-state index in [1.165, 1.54) is 12.3 Å². The highest BCUT2D eigenvalue weighted by molar-refractivity contribution is 9.10. The lowest BCUT2D eigenvalue weighted by Crippen LogP contribution is -2.37. The number of rotatable bonds is 7. The number of hydrogen-bond acceptors (Lipinski definition) is 5. The molecule has 1 rings (SSSR count). The number of pyridine rings is 1. The van der Waals surface area contributed by atoms with Crippen LogP contribution in [0.3, 0.4) is 0 Å². The molecule has 0 fully saturated rings. The fourth-order valence-corrected chi connectivity index (χ4v) is 3.05. The molecule has 0 spiro atoms. The molecule has 1 aromatic rings. The molecule has 0 atom stereocenters. The number of sulfonamides is 1. The number of primary amides is 1. The molecule has 0 aliphatic rings. The molecule has 0 bridgehead atoms. The van der Waals surface area contributed by atoms with Gasteiger partial charge in [0, 0.05) is 30.3 Å². The number of nitrogens with two attached hydrogens (primary N) is 1. The van der Waals surface area contributed by atoms with Crippen LogP contribution in [0.4, 0.5) is 10.6 Å². The van der Waals surface area contributed by atoms with E-state index in [0.29, 0.717) is 11.0 Å². The Bertz CT molecular complexity index is 578. The van der Waals surface area contributed by atoms with Crippen LogP contribution in [0.2, 0.25) is 0 Å². The second-order valence-corrected chi connectivity index (χ2v) is 6.37. The van der Waals surface area contributed by atoms with E-state index in [-0.39, 0.29) is 23.8 Å². The normalized spacial score (nSPS) is 11.1.